The summed E-state index contributed by atoms with van der Waals surface area (Å²) in [6, 6.07) is 21.4. The predicted octanol–water partition coefficient (Wildman–Crippen LogP) is 6.79. The molecule has 0 spiro atoms. The number of hydrogen-bond donors (Lipinski definition) is 0. The van der Waals surface area contributed by atoms with Crippen LogP contribution in [0.3, 0.4) is 0 Å². The van der Waals surface area contributed by atoms with E-state index in [2.05, 4.69) is 84.5 Å². The molecule has 0 aliphatic heterocycles. The van der Waals surface area contributed by atoms with Gasteiger partial charge in [-0.2, -0.15) is 0 Å². The first kappa shape index (κ1) is 16.6. The maximum absolute atomic E-state index is 2.37. The topological polar surface area (TPSA) is 4.93 Å². The van der Waals surface area contributed by atoms with Gasteiger partial charge >= 0.3 is 0 Å². The minimum absolute atomic E-state index is 1.11. The van der Waals surface area contributed by atoms with E-state index in [1.54, 1.807) is 0 Å². The number of nitrogens with zero attached hydrogens (tertiary/aromatic N) is 1. The van der Waals surface area contributed by atoms with Gasteiger partial charge in [-0.05, 0) is 17.5 Å². The van der Waals surface area contributed by atoms with E-state index < -0.39 is 0 Å². The van der Waals surface area contributed by atoms with Gasteiger partial charge in [-0.25, -0.2) is 0 Å². The van der Waals surface area contributed by atoms with E-state index in [4.69, 9.17) is 0 Å². The molecule has 0 unspecified atom stereocenters. The van der Waals surface area contributed by atoms with Crippen molar-refractivity contribution in [2.45, 2.75) is 45.6 Å². The first-order valence-electron chi connectivity index (χ1n) is 9.19. The summed E-state index contributed by atoms with van der Waals surface area (Å²) in [6.07, 6.45) is 11.2. The van der Waals surface area contributed by atoms with Crippen LogP contribution in [-0.4, -0.2) is 4.57 Å². The molecule has 124 valence electrons. The highest BCUT2D eigenvalue weighted by molar-refractivity contribution is 5.83. The molecule has 1 aromatic heterocycles. The zero-order valence-corrected chi connectivity index (χ0v) is 14.6. The highest BCUT2D eigenvalue weighted by atomic mass is 14.9. The Bertz CT molecular complexity index is 668. The van der Waals surface area contributed by atoms with Crippen molar-refractivity contribution in [3.8, 4) is 22.3 Å². The van der Waals surface area contributed by atoms with Crippen molar-refractivity contribution in [1.29, 1.82) is 0 Å². The Morgan fingerprint density at radius 2 is 1.12 bits per heavy atom. The molecule has 0 aliphatic carbocycles. The van der Waals surface area contributed by atoms with Crippen LogP contribution in [0.25, 0.3) is 22.3 Å². The Morgan fingerprint density at radius 3 is 1.62 bits per heavy atom. The Labute approximate surface area is 146 Å². The van der Waals surface area contributed by atoms with Crippen LogP contribution in [-0.2, 0) is 6.54 Å². The van der Waals surface area contributed by atoms with Gasteiger partial charge in [0.1, 0.15) is 0 Å². The maximum atomic E-state index is 2.37. The Morgan fingerprint density at radius 1 is 0.625 bits per heavy atom. The van der Waals surface area contributed by atoms with Crippen LogP contribution >= 0.6 is 0 Å². The van der Waals surface area contributed by atoms with E-state index in [-0.39, 0.29) is 0 Å². The highest BCUT2D eigenvalue weighted by Crippen LogP contribution is 2.33. The summed E-state index contributed by atoms with van der Waals surface area (Å²) in [7, 11) is 0. The zero-order chi connectivity index (χ0) is 16.6. The molecule has 3 rings (SSSR count). The summed E-state index contributed by atoms with van der Waals surface area (Å²) in [6.45, 7) is 3.38. The average Bonchev–Trinajstić information content (AvgIpc) is 3.07. The van der Waals surface area contributed by atoms with Crippen molar-refractivity contribution in [3.63, 3.8) is 0 Å². The zero-order valence-electron chi connectivity index (χ0n) is 14.6. The van der Waals surface area contributed by atoms with Crippen LogP contribution in [0.4, 0.5) is 0 Å². The standard InChI is InChI=1S/C23H27N/c1-2-3-4-5-12-17-24-18-22(20-13-8-6-9-14-20)23(19-24)21-15-10-7-11-16-21/h6-11,13-16,18-19H,2-5,12,17H2,1H3. The molecule has 0 saturated heterocycles. The molecule has 2 aromatic carbocycles. The van der Waals surface area contributed by atoms with E-state index in [1.807, 2.05) is 0 Å². The second kappa shape index (κ2) is 8.54. The third-order valence-corrected chi connectivity index (χ3v) is 4.57. The number of unbranched alkanes of at least 4 members (excludes halogenated alkanes) is 4. The molecular formula is C23H27N. The quantitative estimate of drug-likeness (QED) is 0.403. The molecule has 3 aromatic rings. The molecule has 0 amide bonds. The van der Waals surface area contributed by atoms with Crippen LogP contribution in [0.5, 0.6) is 0 Å². The second-order valence-corrected chi connectivity index (χ2v) is 6.47. The molecule has 0 bridgehead atoms. The second-order valence-electron chi connectivity index (χ2n) is 6.47. The fraction of sp³-hybridized carbons (Fsp3) is 0.304. The van der Waals surface area contributed by atoms with Gasteiger partial charge in [0.15, 0.2) is 0 Å². The molecular weight excluding hydrogens is 290 g/mol. The first-order chi connectivity index (χ1) is 11.9. The monoisotopic (exact) mass is 317 g/mol. The van der Waals surface area contributed by atoms with Crippen LogP contribution in [0.15, 0.2) is 73.1 Å². The van der Waals surface area contributed by atoms with Gasteiger partial charge in [0.2, 0.25) is 0 Å². The van der Waals surface area contributed by atoms with Crippen LogP contribution < -0.4 is 0 Å². The molecule has 0 fully saturated rings. The highest BCUT2D eigenvalue weighted by Gasteiger charge is 2.10. The van der Waals surface area contributed by atoms with E-state index in [9.17, 15) is 0 Å². The Balaban J connectivity index is 1.83. The third kappa shape index (κ3) is 4.17. The molecule has 0 atom stereocenters. The summed E-state index contributed by atoms with van der Waals surface area (Å²) in [5.74, 6) is 0. The lowest BCUT2D eigenvalue weighted by molar-refractivity contribution is 0.570. The predicted molar refractivity (Wildman–Crippen MR) is 104 cm³/mol. The van der Waals surface area contributed by atoms with Gasteiger partial charge in [-0.1, -0.05) is 93.3 Å². The lowest BCUT2D eigenvalue weighted by Crippen LogP contribution is -1.94. The molecule has 24 heavy (non-hydrogen) atoms. The molecule has 0 saturated carbocycles. The number of aryl methyl sites for hydroxylation is 1. The number of rotatable bonds is 8. The Hall–Kier alpha value is -2.28. The number of aromatic nitrogens is 1. The lowest BCUT2D eigenvalue weighted by Gasteiger charge is -2.03. The van der Waals surface area contributed by atoms with E-state index in [0.29, 0.717) is 0 Å². The van der Waals surface area contributed by atoms with Gasteiger partial charge < -0.3 is 4.57 Å². The largest absolute Gasteiger partial charge is 0.353 e. The van der Waals surface area contributed by atoms with Gasteiger partial charge in [0, 0.05) is 30.1 Å². The van der Waals surface area contributed by atoms with Crippen molar-refractivity contribution < 1.29 is 0 Å². The maximum Gasteiger partial charge on any atom is 0.0220 e. The molecule has 0 radical (unpaired) electrons. The van der Waals surface area contributed by atoms with Gasteiger partial charge in [-0.3, -0.25) is 0 Å². The van der Waals surface area contributed by atoms with Gasteiger partial charge in [0.25, 0.3) is 0 Å². The van der Waals surface area contributed by atoms with Crippen LogP contribution in [0.1, 0.15) is 39.0 Å². The minimum atomic E-state index is 1.11. The molecule has 1 heteroatoms. The summed E-state index contributed by atoms with van der Waals surface area (Å²) in [4.78, 5) is 0. The van der Waals surface area contributed by atoms with Crippen molar-refractivity contribution >= 4 is 0 Å². The van der Waals surface area contributed by atoms with E-state index in [1.165, 1.54) is 54.4 Å². The van der Waals surface area contributed by atoms with Crippen molar-refractivity contribution in [2.24, 2.45) is 0 Å². The van der Waals surface area contributed by atoms with E-state index >= 15 is 0 Å². The van der Waals surface area contributed by atoms with E-state index in [0.717, 1.165) is 6.54 Å². The minimum Gasteiger partial charge on any atom is -0.353 e. The first-order valence-corrected chi connectivity index (χ1v) is 9.19. The molecule has 1 nitrogen and oxygen atoms in total. The van der Waals surface area contributed by atoms with Gasteiger partial charge in [-0.15, -0.1) is 0 Å². The molecule has 0 N–H and O–H groups in total. The fourth-order valence-electron chi connectivity index (χ4n) is 3.23. The summed E-state index contributed by atoms with van der Waals surface area (Å²) in [5, 5.41) is 0. The van der Waals surface area contributed by atoms with Crippen molar-refractivity contribution in [3.05, 3.63) is 73.1 Å². The third-order valence-electron chi connectivity index (χ3n) is 4.57. The summed E-state index contributed by atoms with van der Waals surface area (Å²) < 4.78 is 2.37. The summed E-state index contributed by atoms with van der Waals surface area (Å²) >= 11 is 0. The van der Waals surface area contributed by atoms with Gasteiger partial charge in [0.05, 0.1) is 0 Å². The lowest BCUT2D eigenvalue weighted by atomic mass is 9.99. The Kier molecular flexibility index (Phi) is 5.90. The fourth-order valence-corrected chi connectivity index (χ4v) is 3.23. The number of hydrogen-bond acceptors (Lipinski definition) is 0. The smallest absolute Gasteiger partial charge is 0.0220 e. The SMILES string of the molecule is CCCCCCCn1cc(-c2ccccc2)c(-c2ccccc2)c1. The number of benzene rings is 2. The average molecular weight is 317 g/mol. The van der Waals surface area contributed by atoms with Crippen molar-refractivity contribution in [2.75, 3.05) is 0 Å². The van der Waals surface area contributed by atoms with Crippen LogP contribution in [0, 0.1) is 0 Å². The molecule has 1 heterocycles. The van der Waals surface area contributed by atoms with Crippen molar-refractivity contribution in [1.82, 2.24) is 4.57 Å². The van der Waals surface area contributed by atoms with Crippen LogP contribution in [0.2, 0.25) is 0 Å². The normalized spacial score (nSPS) is 10.9. The molecule has 0 aliphatic rings. The summed E-state index contributed by atoms with van der Waals surface area (Å²) in [5.41, 5.74) is 5.24.